The van der Waals surface area contributed by atoms with Gasteiger partial charge in [0, 0.05) is 5.71 Å². The van der Waals surface area contributed by atoms with Gasteiger partial charge in [-0.1, -0.05) is 49.2 Å². The Bertz CT molecular complexity index is 392. The maximum Gasteiger partial charge on any atom is 0.0661 e. The molecule has 0 fully saturated rings. The Labute approximate surface area is 105 Å². The molecular weight excluding hydrogens is 206 g/mol. The second-order valence-corrected chi connectivity index (χ2v) is 4.66. The molecule has 17 heavy (non-hydrogen) atoms. The van der Waals surface area contributed by atoms with Gasteiger partial charge in [-0.05, 0) is 39.2 Å². The van der Waals surface area contributed by atoms with Crippen LogP contribution in [0.25, 0.3) is 5.70 Å². The van der Waals surface area contributed by atoms with Gasteiger partial charge in [0.25, 0.3) is 0 Å². The van der Waals surface area contributed by atoms with E-state index in [1.165, 1.54) is 24.0 Å². The summed E-state index contributed by atoms with van der Waals surface area (Å²) in [7, 11) is 0. The molecule has 92 valence electrons. The van der Waals surface area contributed by atoms with Crippen LogP contribution in [0.1, 0.15) is 51.2 Å². The Morgan fingerprint density at radius 3 is 2.35 bits per heavy atom. The van der Waals surface area contributed by atoms with Gasteiger partial charge in [-0.25, -0.2) is 0 Å². The molecule has 0 saturated heterocycles. The van der Waals surface area contributed by atoms with Gasteiger partial charge in [0.05, 0.1) is 5.70 Å². The maximum atomic E-state index is 4.63. The second kappa shape index (κ2) is 7.05. The highest BCUT2D eigenvalue weighted by Crippen LogP contribution is 2.18. The standard InChI is InChI=1S/C16H23N/c1-5-6-7-8-16(17-13(2)3)15-11-9-14(4)10-12-15/h8-12H,5-7H2,1-4H3/b16-8-. The molecule has 1 aromatic rings. The number of allylic oxidation sites excluding steroid dienone is 1. The highest BCUT2D eigenvalue weighted by Gasteiger charge is 1.99. The molecule has 0 N–H and O–H groups in total. The Balaban J connectivity index is 2.93. The minimum Gasteiger partial charge on any atom is -0.258 e. The molecule has 1 nitrogen and oxygen atoms in total. The van der Waals surface area contributed by atoms with E-state index in [1.807, 2.05) is 13.8 Å². The molecule has 0 aliphatic rings. The molecule has 0 heterocycles. The maximum absolute atomic E-state index is 4.63. The highest BCUT2D eigenvalue weighted by atomic mass is 14.7. The summed E-state index contributed by atoms with van der Waals surface area (Å²) >= 11 is 0. The number of hydrogen-bond donors (Lipinski definition) is 0. The van der Waals surface area contributed by atoms with Crippen molar-refractivity contribution in [3.8, 4) is 0 Å². The summed E-state index contributed by atoms with van der Waals surface area (Å²) in [5.74, 6) is 0. The molecule has 1 heteroatoms. The van der Waals surface area contributed by atoms with Crippen molar-refractivity contribution >= 4 is 11.4 Å². The SMILES string of the molecule is CCCC/C=C(\N=C(C)C)c1ccc(C)cc1. The van der Waals surface area contributed by atoms with Gasteiger partial charge in [0.2, 0.25) is 0 Å². The van der Waals surface area contributed by atoms with Crippen LogP contribution in [0.5, 0.6) is 0 Å². The van der Waals surface area contributed by atoms with Crippen molar-refractivity contribution in [2.45, 2.75) is 47.0 Å². The Morgan fingerprint density at radius 2 is 1.82 bits per heavy atom. The summed E-state index contributed by atoms with van der Waals surface area (Å²) in [5, 5.41) is 0. The van der Waals surface area contributed by atoms with E-state index in [4.69, 9.17) is 0 Å². The van der Waals surface area contributed by atoms with E-state index in [9.17, 15) is 0 Å². The molecule has 0 atom stereocenters. The number of hydrogen-bond acceptors (Lipinski definition) is 1. The smallest absolute Gasteiger partial charge is 0.0661 e. The summed E-state index contributed by atoms with van der Waals surface area (Å²) in [5.41, 5.74) is 4.72. The fraction of sp³-hybridized carbons (Fsp3) is 0.438. The lowest BCUT2D eigenvalue weighted by Crippen LogP contribution is -1.87. The topological polar surface area (TPSA) is 12.4 Å². The van der Waals surface area contributed by atoms with Crippen LogP contribution in [0.4, 0.5) is 0 Å². The fourth-order valence-corrected chi connectivity index (χ4v) is 1.64. The highest BCUT2D eigenvalue weighted by molar-refractivity contribution is 5.86. The summed E-state index contributed by atoms with van der Waals surface area (Å²) in [6, 6.07) is 8.59. The third-order valence-corrected chi connectivity index (χ3v) is 2.59. The Morgan fingerprint density at radius 1 is 1.18 bits per heavy atom. The summed E-state index contributed by atoms with van der Waals surface area (Å²) in [6.45, 7) is 8.41. The van der Waals surface area contributed by atoms with Crippen molar-refractivity contribution in [3.05, 3.63) is 41.5 Å². The molecule has 0 spiro atoms. The van der Waals surface area contributed by atoms with Crippen LogP contribution >= 0.6 is 0 Å². The zero-order valence-electron chi connectivity index (χ0n) is 11.5. The number of benzene rings is 1. The van der Waals surface area contributed by atoms with E-state index in [2.05, 4.69) is 49.2 Å². The lowest BCUT2D eigenvalue weighted by molar-refractivity contribution is 0.815. The first-order valence-corrected chi connectivity index (χ1v) is 6.42. The molecule has 0 aromatic heterocycles. The van der Waals surface area contributed by atoms with E-state index < -0.39 is 0 Å². The Hall–Kier alpha value is -1.37. The van der Waals surface area contributed by atoms with Gasteiger partial charge in [-0.3, -0.25) is 4.99 Å². The first kappa shape index (κ1) is 13.7. The van der Waals surface area contributed by atoms with Crippen LogP contribution in [0.3, 0.4) is 0 Å². The fourth-order valence-electron chi connectivity index (χ4n) is 1.64. The number of rotatable bonds is 5. The molecule has 0 aliphatic heterocycles. The molecule has 0 unspecified atom stereocenters. The quantitative estimate of drug-likeness (QED) is 0.497. The van der Waals surface area contributed by atoms with Gasteiger partial charge in [0.15, 0.2) is 0 Å². The number of aliphatic imine (C=N–C) groups is 1. The second-order valence-electron chi connectivity index (χ2n) is 4.66. The van der Waals surface area contributed by atoms with Crippen molar-refractivity contribution in [1.29, 1.82) is 0 Å². The molecular formula is C16H23N. The minimum absolute atomic E-state index is 1.10. The summed E-state index contributed by atoms with van der Waals surface area (Å²) in [4.78, 5) is 4.63. The first-order valence-electron chi connectivity index (χ1n) is 6.42. The zero-order chi connectivity index (χ0) is 12.7. The molecule has 0 bridgehead atoms. The Kier molecular flexibility index (Phi) is 5.68. The van der Waals surface area contributed by atoms with Crippen LogP contribution in [-0.2, 0) is 0 Å². The van der Waals surface area contributed by atoms with Crippen molar-refractivity contribution < 1.29 is 0 Å². The minimum atomic E-state index is 1.10. The van der Waals surface area contributed by atoms with Crippen LogP contribution in [0.15, 0.2) is 35.3 Å². The largest absolute Gasteiger partial charge is 0.258 e. The third kappa shape index (κ3) is 4.99. The van der Waals surface area contributed by atoms with Crippen molar-refractivity contribution in [2.24, 2.45) is 4.99 Å². The predicted molar refractivity (Wildman–Crippen MR) is 77.5 cm³/mol. The van der Waals surface area contributed by atoms with E-state index in [0.717, 1.165) is 17.8 Å². The van der Waals surface area contributed by atoms with Crippen LogP contribution in [-0.4, -0.2) is 5.71 Å². The van der Waals surface area contributed by atoms with Gasteiger partial charge >= 0.3 is 0 Å². The van der Waals surface area contributed by atoms with Gasteiger partial charge in [-0.15, -0.1) is 0 Å². The van der Waals surface area contributed by atoms with Crippen LogP contribution < -0.4 is 0 Å². The molecule has 0 amide bonds. The third-order valence-electron chi connectivity index (χ3n) is 2.59. The van der Waals surface area contributed by atoms with E-state index in [-0.39, 0.29) is 0 Å². The predicted octanol–water partition coefficient (Wildman–Crippen LogP) is 5.01. The number of aryl methyl sites for hydroxylation is 1. The number of unbranched alkanes of at least 4 members (excludes halogenated alkanes) is 2. The number of nitrogens with zero attached hydrogens (tertiary/aromatic N) is 1. The van der Waals surface area contributed by atoms with Crippen molar-refractivity contribution in [3.63, 3.8) is 0 Å². The normalized spacial score (nSPS) is 11.4. The monoisotopic (exact) mass is 229 g/mol. The average molecular weight is 229 g/mol. The van der Waals surface area contributed by atoms with Crippen molar-refractivity contribution in [2.75, 3.05) is 0 Å². The van der Waals surface area contributed by atoms with Crippen LogP contribution in [0, 0.1) is 6.92 Å². The van der Waals surface area contributed by atoms with Crippen LogP contribution in [0.2, 0.25) is 0 Å². The zero-order valence-corrected chi connectivity index (χ0v) is 11.5. The van der Waals surface area contributed by atoms with E-state index in [1.54, 1.807) is 0 Å². The molecule has 0 aliphatic carbocycles. The molecule has 0 radical (unpaired) electrons. The first-order chi connectivity index (χ1) is 8.13. The molecule has 1 rings (SSSR count). The molecule has 0 saturated carbocycles. The summed E-state index contributed by atoms with van der Waals surface area (Å²) in [6.07, 6.45) is 5.82. The average Bonchev–Trinajstić information content (AvgIpc) is 2.28. The van der Waals surface area contributed by atoms with Gasteiger partial charge < -0.3 is 0 Å². The van der Waals surface area contributed by atoms with Crippen molar-refractivity contribution in [1.82, 2.24) is 0 Å². The van der Waals surface area contributed by atoms with Gasteiger partial charge in [-0.2, -0.15) is 0 Å². The van der Waals surface area contributed by atoms with Gasteiger partial charge in [0.1, 0.15) is 0 Å². The lowest BCUT2D eigenvalue weighted by atomic mass is 10.1. The van der Waals surface area contributed by atoms with E-state index in [0.29, 0.717) is 0 Å². The lowest BCUT2D eigenvalue weighted by Gasteiger charge is -2.04. The molecule has 1 aromatic carbocycles. The van der Waals surface area contributed by atoms with E-state index >= 15 is 0 Å². The summed E-state index contributed by atoms with van der Waals surface area (Å²) < 4.78 is 0.